The third kappa shape index (κ3) is 4.97. The number of benzene rings is 1. The minimum Gasteiger partial charge on any atom is -0.459 e. The molecule has 0 aliphatic heterocycles. The Labute approximate surface area is 119 Å². The van der Waals surface area contributed by atoms with Crippen molar-refractivity contribution in [2.24, 2.45) is 5.92 Å². The molecule has 0 spiro atoms. The van der Waals surface area contributed by atoms with E-state index < -0.39 is 0 Å². The summed E-state index contributed by atoms with van der Waals surface area (Å²) in [5.41, 5.74) is 4.64. The topological polar surface area (TPSA) is 17.1 Å². The molecule has 0 aliphatic rings. The summed E-state index contributed by atoms with van der Waals surface area (Å²) in [7, 11) is 0.924. The molecule has 0 saturated heterocycles. The van der Waals surface area contributed by atoms with Crippen molar-refractivity contribution in [1.82, 2.24) is 0 Å². The minimum atomic E-state index is 0. The van der Waals surface area contributed by atoms with Gasteiger partial charge in [-0.05, 0) is 37.5 Å². The first-order valence-corrected chi connectivity index (χ1v) is 6.79. The first-order chi connectivity index (χ1) is 7.41. The van der Waals surface area contributed by atoms with Crippen LogP contribution in [0.2, 0.25) is 0 Å². The van der Waals surface area contributed by atoms with E-state index in [1.54, 1.807) is 0 Å². The second-order valence-electron chi connectivity index (χ2n) is 4.81. The van der Waals surface area contributed by atoms with Crippen molar-refractivity contribution in [2.75, 3.05) is 6.16 Å². The van der Waals surface area contributed by atoms with Crippen molar-refractivity contribution >= 4 is 14.1 Å². The van der Waals surface area contributed by atoms with Crippen LogP contribution in [0.1, 0.15) is 40.9 Å². The maximum Gasteiger partial charge on any atom is 1.00 e. The average Bonchev–Trinajstić information content (AvgIpc) is 2.12. The fourth-order valence-corrected chi connectivity index (χ4v) is 2.90. The van der Waals surface area contributed by atoms with E-state index in [0.29, 0.717) is 5.92 Å². The van der Waals surface area contributed by atoms with E-state index in [4.69, 9.17) is 0 Å². The Morgan fingerprint density at radius 3 is 2.06 bits per heavy atom. The van der Waals surface area contributed by atoms with Gasteiger partial charge in [0.15, 0.2) is 0 Å². The van der Waals surface area contributed by atoms with Crippen LogP contribution in [0.25, 0.3) is 0 Å². The van der Waals surface area contributed by atoms with Gasteiger partial charge < -0.3 is 13.4 Å². The Hall–Kier alpha value is -0.0826. The number of carbonyl (C=O) groups excluding carboxylic acids is 1. The molecule has 88 valence electrons. The molecule has 0 heterocycles. The molecule has 0 amide bonds. The van der Waals surface area contributed by atoms with Crippen LogP contribution in [-0.2, 0) is 0 Å². The monoisotopic (exact) mass is 242 g/mol. The molecule has 1 aromatic rings. The summed E-state index contributed by atoms with van der Waals surface area (Å²) in [6.07, 6.45) is 0.950. The largest absolute Gasteiger partial charge is 1.00 e. The molecule has 0 saturated carbocycles. The van der Waals surface area contributed by atoms with Crippen LogP contribution in [0.5, 0.6) is 0 Å². The van der Waals surface area contributed by atoms with E-state index in [2.05, 4.69) is 32.9 Å². The SMILES string of the molecule is Cc1cc(C)c(C(=O)[P-]CC(C)C)c(C)c1.[Li+]. The molecular weight excluding hydrogens is 222 g/mol. The first kappa shape index (κ1) is 16.9. The molecular formula is C14H20LiOP. The fraction of sp³-hybridized carbons (Fsp3) is 0.500. The molecule has 0 fully saturated rings. The van der Waals surface area contributed by atoms with Gasteiger partial charge in [0.2, 0.25) is 0 Å². The summed E-state index contributed by atoms with van der Waals surface area (Å²) in [4.78, 5) is 12.1. The summed E-state index contributed by atoms with van der Waals surface area (Å²) in [6.45, 7) is 10.4. The molecule has 1 rings (SSSR count). The van der Waals surface area contributed by atoms with Crippen molar-refractivity contribution in [3.63, 3.8) is 0 Å². The molecule has 0 aromatic heterocycles. The molecule has 0 radical (unpaired) electrons. The zero-order valence-corrected chi connectivity index (χ0v) is 12.7. The maximum atomic E-state index is 12.1. The summed E-state index contributed by atoms with van der Waals surface area (Å²) in [5.74, 6) is 0.580. The van der Waals surface area contributed by atoms with Crippen molar-refractivity contribution in [3.8, 4) is 0 Å². The van der Waals surface area contributed by atoms with E-state index in [9.17, 15) is 4.79 Å². The molecule has 0 unspecified atom stereocenters. The minimum absolute atomic E-state index is 0. The van der Waals surface area contributed by atoms with Gasteiger partial charge in [0, 0.05) is 5.52 Å². The van der Waals surface area contributed by atoms with E-state index in [1.807, 2.05) is 13.8 Å². The Morgan fingerprint density at radius 2 is 1.65 bits per heavy atom. The van der Waals surface area contributed by atoms with Gasteiger partial charge in [-0.1, -0.05) is 37.5 Å². The van der Waals surface area contributed by atoms with E-state index in [0.717, 1.165) is 31.4 Å². The molecule has 0 bridgehead atoms. The van der Waals surface area contributed by atoms with Gasteiger partial charge in [-0.2, -0.15) is 6.16 Å². The average molecular weight is 242 g/mol. The Morgan fingerprint density at radius 1 is 1.18 bits per heavy atom. The van der Waals surface area contributed by atoms with E-state index in [1.165, 1.54) is 5.56 Å². The molecule has 1 aromatic carbocycles. The molecule has 1 nitrogen and oxygen atoms in total. The van der Waals surface area contributed by atoms with Gasteiger partial charge in [-0.15, -0.1) is 0 Å². The normalized spacial score (nSPS) is 10.9. The second-order valence-corrected chi connectivity index (χ2v) is 5.90. The zero-order valence-electron chi connectivity index (χ0n) is 11.8. The molecule has 0 N–H and O–H groups in total. The number of hydrogen-bond acceptors (Lipinski definition) is 1. The number of hydrogen-bond donors (Lipinski definition) is 0. The summed E-state index contributed by atoms with van der Waals surface area (Å²) in [5, 5.41) is 0. The van der Waals surface area contributed by atoms with Crippen molar-refractivity contribution in [1.29, 1.82) is 0 Å². The third-order valence-corrected chi connectivity index (χ3v) is 3.91. The first-order valence-electron chi connectivity index (χ1n) is 5.71. The molecule has 3 heteroatoms. The summed E-state index contributed by atoms with van der Waals surface area (Å²) in [6, 6.07) is 4.18. The van der Waals surface area contributed by atoms with Gasteiger partial charge >= 0.3 is 18.9 Å². The Kier molecular flexibility index (Phi) is 7.34. The van der Waals surface area contributed by atoms with Crippen LogP contribution in [-0.4, -0.2) is 11.7 Å². The smallest absolute Gasteiger partial charge is 0.459 e. The van der Waals surface area contributed by atoms with Crippen molar-refractivity contribution in [3.05, 3.63) is 34.4 Å². The molecule has 0 atom stereocenters. The van der Waals surface area contributed by atoms with Crippen LogP contribution in [0.4, 0.5) is 0 Å². The van der Waals surface area contributed by atoms with Crippen molar-refractivity contribution < 1.29 is 23.7 Å². The van der Waals surface area contributed by atoms with Crippen LogP contribution in [0.3, 0.4) is 0 Å². The number of aryl methyl sites for hydroxylation is 3. The van der Waals surface area contributed by atoms with Gasteiger partial charge in [-0.3, -0.25) is 0 Å². The van der Waals surface area contributed by atoms with Crippen molar-refractivity contribution in [2.45, 2.75) is 34.6 Å². The quantitative estimate of drug-likeness (QED) is 0.575. The van der Waals surface area contributed by atoms with Gasteiger partial charge in [-0.25, -0.2) is 0 Å². The second kappa shape index (κ2) is 7.37. The van der Waals surface area contributed by atoms with E-state index in [-0.39, 0.29) is 24.4 Å². The number of rotatable bonds is 4. The number of carbonyl (C=O) groups is 1. The third-order valence-electron chi connectivity index (χ3n) is 2.49. The summed E-state index contributed by atoms with van der Waals surface area (Å²) < 4.78 is 0. The van der Waals surface area contributed by atoms with Gasteiger partial charge in [0.25, 0.3) is 0 Å². The predicted molar refractivity (Wildman–Crippen MR) is 71.6 cm³/mol. The molecule has 0 aliphatic carbocycles. The molecule has 17 heavy (non-hydrogen) atoms. The van der Waals surface area contributed by atoms with Crippen LogP contribution in [0.15, 0.2) is 12.1 Å². The van der Waals surface area contributed by atoms with Gasteiger partial charge in [0.05, 0.1) is 0 Å². The predicted octanol–water partition coefficient (Wildman–Crippen LogP) is 1.36. The Bertz CT molecular complexity index is 376. The zero-order chi connectivity index (χ0) is 12.3. The fourth-order valence-electron chi connectivity index (χ4n) is 1.86. The van der Waals surface area contributed by atoms with Crippen LogP contribution in [0, 0.1) is 26.7 Å². The van der Waals surface area contributed by atoms with E-state index >= 15 is 0 Å². The maximum absolute atomic E-state index is 12.1. The summed E-state index contributed by atoms with van der Waals surface area (Å²) >= 11 is 0. The Balaban J connectivity index is 0.00000256. The van der Waals surface area contributed by atoms with Gasteiger partial charge in [0.1, 0.15) is 0 Å². The van der Waals surface area contributed by atoms with Crippen LogP contribution >= 0.6 is 8.58 Å². The van der Waals surface area contributed by atoms with Crippen LogP contribution < -0.4 is 18.9 Å². The standard InChI is InChI=1S/C14H20OP.Li/c1-9(2)8-16-14(15)13-11(4)6-10(3)7-12(13)5;/h6-7,9H,8H2,1-5H3;/q-1;+1.